The number of fused-ring (bicyclic) bond motifs is 2. The van der Waals surface area contributed by atoms with Crippen molar-refractivity contribution in [3.05, 3.63) is 110 Å². The van der Waals surface area contributed by atoms with Gasteiger partial charge in [-0.15, -0.1) is 0 Å². The Morgan fingerprint density at radius 3 is 2.51 bits per heavy atom. The summed E-state index contributed by atoms with van der Waals surface area (Å²) >= 11 is 3.63. The van der Waals surface area contributed by atoms with Gasteiger partial charge in [0.05, 0.1) is 41.1 Å². The molecule has 39 heavy (non-hydrogen) atoms. The van der Waals surface area contributed by atoms with Gasteiger partial charge in [-0.25, -0.2) is 4.79 Å². The van der Waals surface area contributed by atoms with Gasteiger partial charge in [0.25, 0.3) is 0 Å². The number of rotatable bonds is 7. The summed E-state index contributed by atoms with van der Waals surface area (Å²) < 4.78 is 17.9. The molecular weight excluding hydrogens is 560 g/mol. The molecule has 0 saturated heterocycles. The number of ether oxygens (including phenoxy) is 3. The number of allylic oxidation sites excluding steroid dienone is 2. The first kappa shape index (κ1) is 26.3. The lowest BCUT2D eigenvalue weighted by Gasteiger charge is -2.29. The second-order valence-electron chi connectivity index (χ2n) is 9.07. The van der Waals surface area contributed by atoms with Gasteiger partial charge >= 0.3 is 5.97 Å². The normalized spacial score (nSPS) is 15.8. The molecule has 3 aromatic carbocycles. The fraction of sp³-hybridized carbons (Fsp3) is 0.194. The van der Waals surface area contributed by atoms with E-state index in [2.05, 4.69) is 27.3 Å². The molecule has 0 aromatic heterocycles. The van der Waals surface area contributed by atoms with Crippen molar-refractivity contribution in [1.82, 2.24) is 5.32 Å². The van der Waals surface area contributed by atoms with Crippen LogP contribution in [0.25, 0.3) is 5.70 Å². The minimum Gasteiger partial charge on any atom is -0.490 e. The molecule has 7 nitrogen and oxygen atoms in total. The number of nitriles is 1. The van der Waals surface area contributed by atoms with Gasteiger partial charge in [0, 0.05) is 33.9 Å². The average molecular weight is 585 g/mol. The van der Waals surface area contributed by atoms with E-state index in [1.54, 1.807) is 31.2 Å². The summed E-state index contributed by atoms with van der Waals surface area (Å²) in [4.78, 5) is 26.8. The first-order valence-corrected chi connectivity index (χ1v) is 13.2. The number of esters is 1. The Bertz CT molecular complexity index is 1620. The van der Waals surface area contributed by atoms with Crippen LogP contribution in [-0.4, -0.2) is 25.5 Å². The van der Waals surface area contributed by atoms with Crippen molar-refractivity contribution >= 4 is 33.4 Å². The number of nitrogens with zero attached hydrogens (tertiary/aromatic N) is 1. The maximum Gasteiger partial charge on any atom is 0.336 e. The van der Waals surface area contributed by atoms with Crippen LogP contribution in [0.5, 0.6) is 11.5 Å². The summed E-state index contributed by atoms with van der Waals surface area (Å²) in [6, 6.07) is 20.4. The van der Waals surface area contributed by atoms with Crippen molar-refractivity contribution in [2.75, 3.05) is 13.7 Å². The molecule has 8 heteroatoms. The zero-order valence-corrected chi connectivity index (χ0v) is 23.2. The largest absolute Gasteiger partial charge is 0.490 e. The Labute approximate surface area is 234 Å². The number of Topliss-reactive ketones (excluding diaryl/α,β-unsaturated/α-hetero) is 1. The summed E-state index contributed by atoms with van der Waals surface area (Å²) in [5.41, 5.74) is 5.45. The van der Waals surface area contributed by atoms with Gasteiger partial charge < -0.3 is 19.5 Å². The van der Waals surface area contributed by atoms with E-state index in [-0.39, 0.29) is 12.4 Å². The zero-order chi connectivity index (χ0) is 27.7. The Hall–Kier alpha value is -4.35. The topological polar surface area (TPSA) is 97.7 Å². The smallest absolute Gasteiger partial charge is 0.336 e. The molecule has 5 rings (SSSR count). The second-order valence-corrected chi connectivity index (χ2v) is 9.93. The number of benzene rings is 3. The minimum absolute atomic E-state index is 0.144. The number of methoxy groups -OCH3 is 1. The van der Waals surface area contributed by atoms with Crippen molar-refractivity contribution in [3.8, 4) is 17.6 Å². The van der Waals surface area contributed by atoms with Crippen LogP contribution in [-0.2, 0) is 16.1 Å². The lowest BCUT2D eigenvalue weighted by Crippen LogP contribution is -2.29. The summed E-state index contributed by atoms with van der Waals surface area (Å²) in [5, 5.41) is 12.7. The van der Waals surface area contributed by atoms with E-state index < -0.39 is 11.9 Å². The van der Waals surface area contributed by atoms with Crippen LogP contribution >= 0.6 is 15.9 Å². The van der Waals surface area contributed by atoms with Crippen LogP contribution in [0.2, 0.25) is 0 Å². The van der Waals surface area contributed by atoms with Crippen molar-refractivity contribution in [2.45, 2.75) is 26.4 Å². The summed E-state index contributed by atoms with van der Waals surface area (Å²) in [5.74, 6) is -0.463. The molecule has 1 N–H and O–H groups in total. The molecule has 0 radical (unpaired) electrons. The highest BCUT2D eigenvalue weighted by atomic mass is 79.9. The molecule has 1 atom stereocenters. The van der Waals surface area contributed by atoms with Gasteiger partial charge in [-0.3, -0.25) is 4.79 Å². The number of hydrogen-bond donors (Lipinski definition) is 1. The van der Waals surface area contributed by atoms with Gasteiger partial charge in [0.2, 0.25) is 0 Å². The third-order valence-corrected chi connectivity index (χ3v) is 7.42. The number of dihydropyridines is 1. The van der Waals surface area contributed by atoms with Gasteiger partial charge in [0.15, 0.2) is 17.3 Å². The van der Waals surface area contributed by atoms with Crippen molar-refractivity contribution in [2.24, 2.45) is 0 Å². The summed E-state index contributed by atoms with van der Waals surface area (Å²) in [6.07, 6.45) is 0. The van der Waals surface area contributed by atoms with Crippen LogP contribution in [0.4, 0.5) is 0 Å². The fourth-order valence-electron chi connectivity index (χ4n) is 5.11. The first-order chi connectivity index (χ1) is 18.9. The van der Waals surface area contributed by atoms with Crippen LogP contribution in [0.1, 0.15) is 52.4 Å². The molecule has 3 aromatic rings. The van der Waals surface area contributed by atoms with E-state index in [1.165, 1.54) is 7.11 Å². The van der Waals surface area contributed by atoms with Gasteiger partial charge in [-0.1, -0.05) is 42.5 Å². The van der Waals surface area contributed by atoms with E-state index in [0.29, 0.717) is 61.8 Å². The predicted molar refractivity (Wildman–Crippen MR) is 149 cm³/mol. The van der Waals surface area contributed by atoms with Gasteiger partial charge in [0.1, 0.15) is 6.61 Å². The Balaban J connectivity index is 1.62. The highest BCUT2D eigenvalue weighted by Crippen LogP contribution is 2.49. The lowest BCUT2D eigenvalue weighted by atomic mass is 9.79. The van der Waals surface area contributed by atoms with E-state index in [4.69, 9.17) is 14.2 Å². The molecule has 0 spiro atoms. The fourth-order valence-corrected chi connectivity index (χ4v) is 5.68. The van der Waals surface area contributed by atoms with Gasteiger partial charge in [-0.2, -0.15) is 5.26 Å². The number of carbonyl (C=O) groups excluding carboxylic acids is 2. The van der Waals surface area contributed by atoms with E-state index in [9.17, 15) is 14.9 Å². The van der Waals surface area contributed by atoms with Crippen LogP contribution in [0, 0.1) is 11.3 Å². The molecule has 1 heterocycles. The van der Waals surface area contributed by atoms with Gasteiger partial charge in [-0.05, 0) is 53.5 Å². The Morgan fingerprint density at radius 1 is 1.08 bits per heavy atom. The number of ketones is 1. The third kappa shape index (κ3) is 4.59. The average Bonchev–Trinajstić information content (AvgIpc) is 3.22. The van der Waals surface area contributed by atoms with E-state index in [0.717, 1.165) is 11.1 Å². The Morgan fingerprint density at radius 2 is 1.79 bits per heavy atom. The molecule has 2 aliphatic rings. The summed E-state index contributed by atoms with van der Waals surface area (Å²) in [6.45, 7) is 4.19. The molecule has 0 amide bonds. The number of hydrogen-bond acceptors (Lipinski definition) is 7. The quantitative estimate of drug-likeness (QED) is 0.338. The standard InChI is InChI=1S/C31H25BrN2O5/c1-4-38-24-14-20(13-23(32)30(24)39-16-19-10-6-5-9-18(19)15-33)26-25(31(36)37-3)17(2)34-28-21-11-7-8-12-22(21)29(35)27(26)28/h5-14,26,34H,4,16H2,1-3H3/t26-/m0/s1. The number of nitrogens with one attached hydrogen (secondary N) is 1. The number of halogens is 1. The summed E-state index contributed by atoms with van der Waals surface area (Å²) in [7, 11) is 1.33. The highest BCUT2D eigenvalue weighted by molar-refractivity contribution is 9.10. The monoisotopic (exact) mass is 584 g/mol. The Kier molecular flexibility index (Phi) is 7.27. The molecule has 0 bridgehead atoms. The lowest BCUT2D eigenvalue weighted by molar-refractivity contribution is -0.136. The van der Waals surface area contributed by atoms with Crippen LogP contribution in [0.15, 0.2) is 82.0 Å². The molecule has 1 aliphatic heterocycles. The van der Waals surface area contributed by atoms with Crippen molar-refractivity contribution < 1.29 is 23.8 Å². The molecular formula is C31H25BrN2O5. The maximum atomic E-state index is 13.7. The van der Waals surface area contributed by atoms with Crippen molar-refractivity contribution in [1.29, 1.82) is 5.26 Å². The number of carbonyl (C=O) groups is 2. The molecule has 196 valence electrons. The zero-order valence-electron chi connectivity index (χ0n) is 21.6. The second kappa shape index (κ2) is 10.8. The van der Waals surface area contributed by atoms with Crippen molar-refractivity contribution in [3.63, 3.8) is 0 Å². The van der Waals surface area contributed by atoms with Crippen LogP contribution < -0.4 is 14.8 Å². The van der Waals surface area contributed by atoms with E-state index in [1.807, 2.05) is 43.3 Å². The van der Waals surface area contributed by atoms with E-state index >= 15 is 0 Å². The highest BCUT2D eigenvalue weighted by Gasteiger charge is 2.43. The predicted octanol–water partition coefficient (Wildman–Crippen LogP) is 6.04. The van der Waals surface area contributed by atoms with Crippen LogP contribution in [0.3, 0.4) is 0 Å². The molecule has 0 unspecified atom stereocenters. The molecule has 1 aliphatic carbocycles. The SMILES string of the molecule is CCOc1cc([C@H]2C(C(=O)OC)=C(C)NC3=C2C(=O)c2ccccc23)cc(Br)c1OCc1ccccc1C#N. The maximum absolute atomic E-state index is 13.7. The molecule has 0 saturated carbocycles. The minimum atomic E-state index is -0.697. The first-order valence-electron chi connectivity index (χ1n) is 12.4. The molecule has 0 fully saturated rings. The third-order valence-electron chi connectivity index (χ3n) is 6.83.